The van der Waals surface area contributed by atoms with Crippen LogP contribution >= 0.6 is 0 Å². The molecule has 0 aromatic heterocycles. The van der Waals surface area contributed by atoms with Crippen LogP contribution in [0.5, 0.6) is 0 Å². The van der Waals surface area contributed by atoms with Crippen LogP contribution in [0.15, 0.2) is 11.5 Å². The third kappa shape index (κ3) is 1.02. The first kappa shape index (κ1) is 6.46. The molecule has 0 atom stereocenters. The molecule has 0 N–H and O–H groups in total. The van der Waals surface area contributed by atoms with E-state index in [0.29, 0.717) is 0 Å². The van der Waals surface area contributed by atoms with Gasteiger partial charge in [0.15, 0.2) is 6.73 Å². The van der Waals surface area contributed by atoms with Crippen molar-refractivity contribution in [1.82, 2.24) is 4.90 Å². The molecule has 1 heterocycles. The topological polar surface area (TPSA) is 12.5 Å². The van der Waals surface area contributed by atoms with Gasteiger partial charge in [-0.25, -0.2) is 0 Å². The number of ether oxygens (including phenoxy) is 1. The Labute approximate surface area is 56.1 Å². The van der Waals surface area contributed by atoms with Crippen LogP contribution in [0.3, 0.4) is 0 Å². The summed E-state index contributed by atoms with van der Waals surface area (Å²) in [6.45, 7) is 4.93. The fourth-order valence-corrected chi connectivity index (χ4v) is 0.947. The lowest BCUT2D eigenvalue weighted by Gasteiger charge is -2.07. The van der Waals surface area contributed by atoms with Crippen molar-refractivity contribution in [2.75, 3.05) is 13.8 Å². The van der Waals surface area contributed by atoms with Crippen LogP contribution in [-0.4, -0.2) is 18.7 Å². The summed E-state index contributed by atoms with van der Waals surface area (Å²) in [5, 5.41) is 0. The first-order chi connectivity index (χ1) is 4.25. The summed E-state index contributed by atoms with van der Waals surface area (Å²) in [4.78, 5) is 2.11. The SMILES string of the molecule is CCC1=C(C)N(C)CO1. The van der Waals surface area contributed by atoms with E-state index in [1.807, 2.05) is 7.05 Å². The quantitative estimate of drug-likeness (QED) is 0.530. The number of hydrogen-bond acceptors (Lipinski definition) is 2. The number of nitrogens with zero attached hydrogens (tertiary/aromatic N) is 1. The molecule has 0 radical (unpaired) electrons. The Morgan fingerprint density at radius 3 is 2.56 bits per heavy atom. The van der Waals surface area contributed by atoms with Crippen LogP contribution in [0.2, 0.25) is 0 Å². The van der Waals surface area contributed by atoms with Crippen molar-refractivity contribution in [1.29, 1.82) is 0 Å². The van der Waals surface area contributed by atoms with Crippen LogP contribution in [0.1, 0.15) is 20.3 Å². The fraction of sp³-hybridized carbons (Fsp3) is 0.714. The summed E-state index contributed by atoms with van der Waals surface area (Å²) >= 11 is 0. The lowest BCUT2D eigenvalue weighted by atomic mass is 10.3. The first-order valence-electron chi connectivity index (χ1n) is 3.29. The highest BCUT2D eigenvalue weighted by atomic mass is 16.5. The molecule has 0 amide bonds. The third-order valence-corrected chi connectivity index (χ3v) is 1.73. The molecule has 1 aliphatic rings. The smallest absolute Gasteiger partial charge is 0.160 e. The van der Waals surface area contributed by atoms with E-state index in [-0.39, 0.29) is 0 Å². The van der Waals surface area contributed by atoms with Crippen LogP contribution in [0, 0.1) is 0 Å². The van der Waals surface area contributed by atoms with Crippen molar-refractivity contribution in [2.45, 2.75) is 20.3 Å². The molecule has 0 aromatic carbocycles. The van der Waals surface area contributed by atoms with E-state index in [1.54, 1.807) is 0 Å². The Bertz CT molecular complexity index is 140. The minimum Gasteiger partial charge on any atom is -0.476 e. The summed E-state index contributed by atoms with van der Waals surface area (Å²) < 4.78 is 5.33. The van der Waals surface area contributed by atoms with Crippen LogP contribution in [0.25, 0.3) is 0 Å². The molecule has 1 rings (SSSR count). The van der Waals surface area contributed by atoms with E-state index in [4.69, 9.17) is 4.74 Å². The van der Waals surface area contributed by atoms with E-state index in [1.165, 1.54) is 5.70 Å². The minimum atomic E-state index is 0.731. The van der Waals surface area contributed by atoms with Crippen molar-refractivity contribution >= 4 is 0 Å². The Kier molecular flexibility index (Phi) is 1.65. The molecule has 0 spiro atoms. The molecule has 0 unspecified atom stereocenters. The van der Waals surface area contributed by atoms with Gasteiger partial charge in [0.1, 0.15) is 5.76 Å². The van der Waals surface area contributed by atoms with Gasteiger partial charge in [-0.2, -0.15) is 0 Å². The van der Waals surface area contributed by atoms with Gasteiger partial charge in [-0.05, 0) is 6.92 Å². The van der Waals surface area contributed by atoms with E-state index in [9.17, 15) is 0 Å². The zero-order chi connectivity index (χ0) is 6.85. The van der Waals surface area contributed by atoms with Gasteiger partial charge in [0.25, 0.3) is 0 Å². The Morgan fingerprint density at radius 2 is 2.33 bits per heavy atom. The fourth-order valence-electron chi connectivity index (χ4n) is 0.947. The van der Waals surface area contributed by atoms with Crippen molar-refractivity contribution in [2.24, 2.45) is 0 Å². The maximum atomic E-state index is 5.33. The molecule has 0 aliphatic carbocycles. The second-order valence-corrected chi connectivity index (χ2v) is 2.33. The van der Waals surface area contributed by atoms with Gasteiger partial charge in [-0.15, -0.1) is 0 Å². The van der Waals surface area contributed by atoms with Gasteiger partial charge < -0.3 is 9.64 Å². The molecular formula is C7H13NO. The van der Waals surface area contributed by atoms with Gasteiger partial charge in [-0.1, -0.05) is 6.92 Å². The predicted molar refractivity (Wildman–Crippen MR) is 36.7 cm³/mol. The second kappa shape index (κ2) is 2.29. The molecule has 0 saturated heterocycles. The molecule has 2 heteroatoms. The molecule has 0 fully saturated rings. The van der Waals surface area contributed by atoms with Gasteiger partial charge in [0.2, 0.25) is 0 Å². The summed E-state index contributed by atoms with van der Waals surface area (Å²) in [7, 11) is 2.04. The maximum absolute atomic E-state index is 5.33. The molecule has 0 saturated carbocycles. The third-order valence-electron chi connectivity index (χ3n) is 1.73. The minimum absolute atomic E-state index is 0.731. The van der Waals surface area contributed by atoms with Gasteiger partial charge in [-0.3, -0.25) is 0 Å². The Morgan fingerprint density at radius 1 is 1.67 bits per heavy atom. The molecule has 2 nitrogen and oxygen atoms in total. The van der Waals surface area contributed by atoms with E-state index in [0.717, 1.165) is 18.9 Å². The second-order valence-electron chi connectivity index (χ2n) is 2.33. The van der Waals surface area contributed by atoms with Crippen molar-refractivity contribution in [3.63, 3.8) is 0 Å². The van der Waals surface area contributed by atoms with Crippen molar-refractivity contribution in [3.05, 3.63) is 11.5 Å². The van der Waals surface area contributed by atoms with E-state index >= 15 is 0 Å². The van der Waals surface area contributed by atoms with Crippen molar-refractivity contribution in [3.8, 4) is 0 Å². The molecule has 52 valence electrons. The summed E-state index contributed by atoms with van der Waals surface area (Å²) in [6, 6.07) is 0. The van der Waals surface area contributed by atoms with Crippen molar-refractivity contribution < 1.29 is 4.74 Å². The highest BCUT2D eigenvalue weighted by molar-refractivity contribution is 5.07. The summed E-state index contributed by atoms with van der Waals surface area (Å²) in [6.07, 6.45) is 1.01. The lowest BCUT2D eigenvalue weighted by Crippen LogP contribution is -2.10. The van der Waals surface area contributed by atoms with Crippen LogP contribution < -0.4 is 0 Å². The number of allylic oxidation sites excluding steroid dienone is 2. The van der Waals surface area contributed by atoms with E-state index < -0.39 is 0 Å². The normalized spacial score (nSPS) is 18.8. The number of rotatable bonds is 1. The van der Waals surface area contributed by atoms with Gasteiger partial charge >= 0.3 is 0 Å². The summed E-state index contributed by atoms with van der Waals surface area (Å²) in [5.74, 6) is 1.14. The standard InChI is InChI=1S/C7H13NO/c1-4-7-6(2)8(3)5-9-7/h4-5H2,1-3H3. The lowest BCUT2D eigenvalue weighted by molar-refractivity contribution is 0.163. The van der Waals surface area contributed by atoms with Gasteiger partial charge in [0, 0.05) is 13.5 Å². The zero-order valence-electron chi connectivity index (χ0n) is 6.27. The van der Waals surface area contributed by atoms with Crippen LogP contribution in [-0.2, 0) is 4.74 Å². The van der Waals surface area contributed by atoms with E-state index in [2.05, 4.69) is 18.7 Å². The Balaban J connectivity index is 2.68. The predicted octanol–water partition coefficient (Wildman–Crippen LogP) is 1.55. The highest BCUT2D eigenvalue weighted by Crippen LogP contribution is 2.19. The monoisotopic (exact) mass is 127 g/mol. The zero-order valence-corrected chi connectivity index (χ0v) is 6.27. The average molecular weight is 127 g/mol. The largest absolute Gasteiger partial charge is 0.476 e. The molecule has 1 aliphatic heterocycles. The van der Waals surface area contributed by atoms with Crippen LogP contribution in [0.4, 0.5) is 0 Å². The van der Waals surface area contributed by atoms with Gasteiger partial charge in [0.05, 0.1) is 5.70 Å². The highest BCUT2D eigenvalue weighted by Gasteiger charge is 2.13. The average Bonchev–Trinajstić information content (AvgIpc) is 2.15. The molecule has 0 bridgehead atoms. The maximum Gasteiger partial charge on any atom is 0.160 e. The first-order valence-corrected chi connectivity index (χ1v) is 3.29. The molecule has 9 heavy (non-hydrogen) atoms. The molecule has 0 aromatic rings. The Hall–Kier alpha value is -0.660. The molecular weight excluding hydrogens is 114 g/mol. The summed E-state index contributed by atoms with van der Waals surface area (Å²) in [5.41, 5.74) is 1.28. The number of hydrogen-bond donors (Lipinski definition) is 0.